The van der Waals surface area contributed by atoms with Crippen molar-refractivity contribution in [2.45, 2.75) is 0 Å². The van der Waals surface area contributed by atoms with E-state index in [2.05, 4.69) is 4.98 Å². The molecule has 0 amide bonds. The van der Waals surface area contributed by atoms with E-state index < -0.39 is 5.97 Å². The fraction of sp³-hybridized carbons (Fsp3) is 0.0588. The van der Waals surface area contributed by atoms with E-state index in [9.17, 15) is 4.79 Å². The second kappa shape index (κ2) is 5.54. The predicted molar refractivity (Wildman–Crippen MR) is 83.5 cm³/mol. The largest absolute Gasteiger partial charge is 0.464 e. The Morgan fingerprint density at radius 1 is 1.10 bits per heavy atom. The zero-order valence-electron chi connectivity index (χ0n) is 11.3. The third-order valence-corrected chi connectivity index (χ3v) is 3.59. The molecule has 0 N–H and O–H groups in total. The van der Waals surface area contributed by atoms with Crippen molar-refractivity contribution in [3.05, 3.63) is 65.3 Å². The first-order valence-corrected chi connectivity index (χ1v) is 6.81. The van der Waals surface area contributed by atoms with Gasteiger partial charge in [-0.05, 0) is 17.5 Å². The number of ether oxygens (including phenoxy) is 1. The maximum absolute atomic E-state index is 11.8. The van der Waals surface area contributed by atoms with Gasteiger partial charge in [-0.1, -0.05) is 54.1 Å². The van der Waals surface area contributed by atoms with E-state index in [1.165, 1.54) is 7.11 Å². The van der Waals surface area contributed by atoms with Crippen molar-refractivity contribution in [1.29, 1.82) is 0 Å². The van der Waals surface area contributed by atoms with Crippen molar-refractivity contribution in [2.24, 2.45) is 0 Å². The summed E-state index contributed by atoms with van der Waals surface area (Å²) in [6, 6.07) is 16.9. The standard InChI is InChI=1S/C17H12ClNO2/c1-21-17(20)15-10-11-6-2-3-7-12(11)16(19-15)13-8-4-5-9-14(13)18/h2-10H,1H3. The Labute approximate surface area is 127 Å². The maximum Gasteiger partial charge on any atom is 0.356 e. The van der Waals surface area contributed by atoms with Crippen molar-refractivity contribution >= 4 is 28.3 Å². The minimum atomic E-state index is -0.464. The molecule has 0 fully saturated rings. The normalized spacial score (nSPS) is 10.6. The van der Waals surface area contributed by atoms with Gasteiger partial charge in [-0.15, -0.1) is 0 Å². The van der Waals surface area contributed by atoms with Gasteiger partial charge < -0.3 is 4.74 Å². The van der Waals surface area contributed by atoms with Gasteiger partial charge in [-0.25, -0.2) is 9.78 Å². The number of esters is 1. The smallest absolute Gasteiger partial charge is 0.356 e. The maximum atomic E-state index is 11.8. The number of hydrogen-bond donors (Lipinski definition) is 0. The number of aromatic nitrogens is 1. The molecule has 0 spiro atoms. The molecular weight excluding hydrogens is 286 g/mol. The Bertz CT molecular complexity index is 830. The van der Waals surface area contributed by atoms with Crippen LogP contribution in [0.1, 0.15) is 10.5 Å². The van der Waals surface area contributed by atoms with Gasteiger partial charge in [0.25, 0.3) is 0 Å². The fourth-order valence-electron chi connectivity index (χ4n) is 2.27. The van der Waals surface area contributed by atoms with Crippen LogP contribution in [0, 0.1) is 0 Å². The van der Waals surface area contributed by atoms with Crippen LogP contribution in [0.25, 0.3) is 22.0 Å². The van der Waals surface area contributed by atoms with Crippen LogP contribution in [0.4, 0.5) is 0 Å². The predicted octanol–water partition coefficient (Wildman–Crippen LogP) is 4.34. The first kappa shape index (κ1) is 13.6. The molecule has 0 aliphatic rings. The van der Waals surface area contributed by atoms with E-state index in [1.54, 1.807) is 12.1 Å². The highest BCUT2D eigenvalue weighted by Gasteiger charge is 2.14. The third kappa shape index (κ3) is 2.48. The minimum Gasteiger partial charge on any atom is -0.464 e. The third-order valence-electron chi connectivity index (χ3n) is 3.26. The summed E-state index contributed by atoms with van der Waals surface area (Å²) in [6.45, 7) is 0. The second-order valence-corrected chi connectivity index (χ2v) is 4.96. The molecule has 4 heteroatoms. The Morgan fingerprint density at radius 3 is 2.57 bits per heavy atom. The summed E-state index contributed by atoms with van der Waals surface area (Å²) in [4.78, 5) is 16.3. The average molecular weight is 298 g/mol. The molecule has 3 rings (SSSR count). The lowest BCUT2D eigenvalue weighted by Crippen LogP contribution is -2.05. The zero-order valence-corrected chi connectivity index (χ0v) is 12.1. The topological polar surface area (TPSA) is 39.2 Å². The van der Waals surface area contributed by atoms with E-state index in [-0.39, 0.29) is 5.69 Å². The molecule has 0 aliphatic heterocycles. The molecule has 0 atom stereocenters. The van der Waals surface area contributed by atoms with Gasteiger partial charge in [0, 0.05) is 16.0 Å². The van der Waals surface area contributed by atoms with Crippen LogP contribution in [0.3, 0.4) is 0 Å². The number of rotatable bonds is 2. The molecule has 0 unspecified atom stereocenters. The van der Waals surface area contributed by atoms with E-state index in [0.717, 1.165) is 16.3 Å². The van der Waals surface area contributed by atoms with Gasteiger partial charge >= 0.3 is 5.97 Å². The molecular formula is C17H12ClNO2. The summed E-state index contributed by atoms with van der Waals surface area (Å²) in [6.07, 6.45) is 0. The van der Waals surface area contributed by atoms with Crippen molar-refractivity contribution in [3.63, 3.8) is 0 Å². The van der Waals surface area contributed by atoms with Crippen LogP contribution in [-0.4, -0.2) is 18.1 Å². The van der Waals surface area contributed by atoms with Gasteiger partial charge in [0.05, 0.1) is 12.8 Å². The molecule has 21 heavy (non-hydrogen) atoms. The number of pyridine rings is 1. The SMILES string of the molecule is COC(=O)c1cc2ccccc2c(-c2ccccc2Cl)n1. The minimum absolute atomic E-state index is 0.270. The number of methoxy groups -OCH3 is 1. The quantitative estimate of drug-likeness (QED) is 0.660. The summed E-state index contributed by atoms with van der Waals surface area (Å²) < 4.78 is 4.77. The Balaban J connectivity index is 2.34. The van der Waals surface area contributed by atoms with Crippen molar-refractivity contribution < 1.29 is 9.53 Å². The average Bonchev–Trinajstić information content (AvgIpc) is 2.53. The lowest BCUT2D eigenvalue weighted by Gasteiger charge is -2.10. The number of benzene rings is 2. The number of carbonyl (C=O) groups excluding carboxylic acids is 1. The molecule has 3 aromatic rings. The molecule has 0 bridgehead atoms. The van der Waals surface area contributed by atoms with Crippen LogP contribution < -0.4 is 0 Å². The lowest BCUT2D eigenvalue weighted by molar-refractivity contribution is 0.0594. The molecule has 0 saturated carbocycles. The van der Waals surface area contributed by atoms with Crippen LogP contribution in [-0.2, 0) is 4.74 Å². The van der Waals surface area contributed by atoms with Crippen molar-refractivity contribution in [2.75, 3.05) is 7.11 Å². The molecule has 3 nitrogen and oxygen atoms in total. The fourth-order valence-corrected chi connectivity index (χ4v) is 2.49. The second-order valence-electron chi connectivity index (χ2n) is 4.55. The van der Waals surface area contributed by atoms with Crippen LogP contribution >= 0.6 is 11.6 Å². The van der Waals surface area contributed by atoms with Gasteiger partial charge in [0.1, 0.15) is 5.69 Å². The summed E-state index contributed by atoms with van der Waals surface area (Å²) >= 11 is 6.27. The first-order chi connectivity index (χ1) is 10.2. The van der Waals surface area contributed by atoms with E-state index >= 15 is 0 Å². The number of nitrogens with zero attached hydrogens (tertiary/aromatic N) is 1. The molecule has 1 heterocycles. The highest BCUT2D eigenvalue weighted by Crippen LogP contribution is 2.32. The van der Waals surface area contributed by atoms with E-state index in [0.29, 0.717) is 10.7 Å². The Morgan fingerprint density at radius 2 is 1.81 bits per heavy atom. The summed E-state index contributed by atoms with van der Waals surface area (Å²) in [5.74, 6) is -0.464. The van der Waals surface area contributed by atoms with Crippen LogP contribution in [0.2, 0.25) is 5.02 Å². The van der Waals surface area contributed by atoms with Gasteiger partial charge in [-0.2, -0.15) is 0 Å². The van der Waals surface area contributed by atoms with Gasteiger partial charge in [0.15, 0.2) is 0 Å². The number of carbonyl (C=O) groups is 1. The van der Waals surface area contributed by atoms with Crippen molar-refractivity contribution in [3.8, 4) is 11.3 Å². The Kier molecular flexibility index (Phi) is 3.59. The van der Waals surface area contributed by atoms with Gasteiger partial charge in [0.2, 0.25) is 0 Å². The molecule has 104 valence electrons. The summed E-state index contributed by atoms with van der Waals surface area (Å²) in [7, 11) is 1.34. The molecule has 2 aromatic carbocycles. The van der Waals surface area contributed by atoms with Crippen LogP contribution in [0.5, 0.6) is 0 Å². The van der Waals surface area contributed by atoms with Gasteiger partial charge in [-0.3, -0.25) is 0 Å². The Hall–Kier alpha value is -2.39. The molecule has 0 aliphatic carbocycles. The number of fused-ring (bicyclic) bond motifs is 1. The van der Waals surface area contributed by atoms with E-state index in [1.807, 2.05) is 42.5 Å². The molecule has 0 saturated heterocycles. The lowest BCUT2D eigenvalue weighted by atomic mass is 10.0. The monoisotopic (exact) mass is 297 g/mol. The molecule has 1 aromatic heterocycles. The first-order valence-electron chi connectivity index (χ1n) is 6.43. The highest BCUT2D eigenvalue weighted by atomic mass is 35.5. The zero-order chi connectivity index (χ0) is 14.8. The highest BCUT2D eigenvalue weighted by molar-refractivity contribution is 6.33. The van der Waals surface area contributed by atoms with Crippen molar-refractivity contribution in [1.82, 2.24) is 4.98 Å². The van der Waals surface area contributed by atoms with Crippen LogP contribution in [0.15, 0.2) is 54.6 Å². The summed E-state index contributed by atoms with van der Waals surface area (Å²) in [5.41, 5.74) is 1.74. The summed E-state index contributed by atoms with van der Waals surface area (Å²) in [5, 5.41) is 2.46. The number of halogens is 1. The molecule has 0 radical (unpaired) electrons. The number of hydrogen-bond acceptors (Lipinski definition) is 3. The van der Waals surface area contributed by atoms with E-state index in [4.69, 9.17) is 16.3 Å².